The van der Waals surface area contributed by atoms with Crippen molar-refractivity contribution in [2.75, 3.05) is 6.54 Å². The van der Waals surface area contributed by atoms with Crippen LogP contribution in [0.2, 0.25) is 10.0 Å². The first kappa shape index (κ1) is 15.4. The van der Waals surface area contributed by atoms with Gasteiger partial charge in [0.05, 0.1) is 0 Å². The third-order valence-electron chi connectivity index (χ3n) is 4.03. The summed E-state index contributed by atoms with van der Waals surface area (Å²) < 4.78 is 0. The van der Waals surface area contributed by atoms with Crippen LogP contribution in [0, 0.1) is 0 Å². The van der Waals surface area contributed by atoms with Crippen LogP contribution in [0.3, 0.4) is 0 Å². The van der Waals surface area contributed by atoms with Crippen LogP contribution in [-0.2, 0) is 19.3 Å². The first-order valence-corrected chi connectivity index (χ1v) is 9.04. The number of halogens is 2. The number of fused-ring (bicyclic) bond motifs is 1. The van der Waals surface area contributed by atoms with Crippen molar-refractivity contribution in [1.82, 2.24) is 5.32 Å². The molecule has 1 aromatic heterocycles. The summed E-state index contributed by atoms with van der Waals surface area (Å²) in [5.74, 6) is 0. The van der Waals surface area contributed by atoms with Crippen LogP contribution < -0.4 is 5.32 Å². The van der Waals surface area contributed by atoms with Crippen LogP contribution in [0.1, 0.15) is 40.3 Å². The van der Waals surface area contributed by atoms with E-state index in [1.165, 1.54) is 24.1 Å². The van der Waals surface area contributed by atoms with Gasteiger partial charge in [0.1, 0.15) is 0 Å². The molecule has 1 N–H and O–H groups in total. The smallest absolute Gasteiger partial charge is 0.0456 e. The molecule has 1 aliphatic carbocycles. The minimum Gasteiger partial charge on any atom is -0.309 e. The van der Waals surface area contributed by atoms with Gasteiger partial charge < -0.3 is 5.32 Å². The fraction of sp³-hybridized carbons (Fsp3) is 0.412. The molecule has 21 heavy (non-hydrogen) atoms. The number of hydrogen-bond donors (Lipinski definition) is 1. The minimum absolute atomic E-state index is 0.294. The molecule has 0 bridgehead atoms. The third-order valence-corrected chi connectivity index (χ3v) is 6.09. The van der Waals surface area contributed by atoms with E-state index in [-0.39, 0.29) is 0 Å². The second-order valence-corrected chi connectivity index (χ2v) is 7.45. The third kappa shape index (κ3) is 3.29. The Morgan fingerprint density at radius 1 is 1.24 bits per heavy atom. The average Bonchev–Trinajstić information content (AvgIpc) is 3.03. The first-order valence-electron chi connectivity index (χ1n) is 7.46. The molecule has 0 saturated heterocycles. The maximum atomic E-state index is 6.33. The highest BCUT2D eigenvalue weighted by Gasteiger charge is 2.21. The summed E-state index contributed by atoms with van der Waals surface area (Å²) in [4.78, 5) is 2.98. The summed E-state index contributed by atoms with van der Waals surface area (Å²) in [5, 5.41) is 5.10. The van der Waals surface area contributed by atoms with Crippen molar-refractivity contribution in [3.63, 3.8) is 0 Å². The monoisotopic (exact) mass is 339 g/mol. The summed E-state index contributed by atoms with van der Waals surface area (Å²) in [6.07, 6.45) is 4.62. The van der Waals surface area contributed by atoms with Gasteiger partial charge in [-0.05, 0) is 61.6 Å². The Kier molecular flexibility index (Phi) is 4.90. The largest absolute Gasteiger partial charge is 0.309 e. The molecule has 0 saturated carbocycles. The van der Waals surface area contributed by atoms with E-state index in [1.807, 2.05) is 29.5 Å². The predicted octanol–water partition coefficient (Wildman–Crippen LogP) is 5.44. The van der Waals surface area contributed by atoms with Crippen LogP contribution in [0.5, 0.6) is 0 Å². The Bertz CT molecular complexity index is 594. The lowest BCUT2D eigenvalue weighted by Gasteiger charge is -2.18. The molecule has 1 atom stereocenters. The van der Waals surface area contributed by atoms with Crippen LogP contribution in [0.15, 0.2) is 24.3 Å². The zero-order valence-corrected chi connectivity index (χ0v) is 14.4. The zero-order valence-electron chi connectivity index (χ0n) is 12.1. The van der Waals surface area contributed by atoms with E-state index in [0.717, 1.165) is 28.6 Å². The van der Waals surface area contributed by atoms with Crippen molar-refractivity contribution in [3.8, 4) is 0 Å². The van der Waals surface area contributed by atoms with Crippen LogP contribution in [0.25, 0.3) is 0 Å². The Morgan fingerprint density at radius 2 is 2.00 bits per heavy atom. The topological polar surface area (TPSA) is 12.0 Å². The molecular weight excluding hydrogens is 321 g/mol. The highest BCUT2D eigenvalue weighted by molar-refractivity contribution is 7.12. The fourth-order valence-electron chi connectivity index (χ4n) is 2.97. The summed E-state index contributed by atoms with van der Waals surface area (Å²) in [7, 11) is 0. The summed E-state index contributed by atoms with van der Waals surface area (Å²) >= 11 is 14.6. The molecule has 3 rings (SSSR count). The molecule has 0 aliphatic heterocycles. The number of benzene rings is 1. The molecule has 1 aromatic carbocycles. The van der Waals surface area contributed by atoms with Crippen molar-refractivity contribution in [2.45, 2.75) is 38.6 Å². The molecule has 1 unspecified atom stereocenters. The zero-order chi connectivity index (χ0) is 14.8. The van der Waals surface area contributed by atoms with E-state index < -0.39 is 0 Å². The van der Waals surface area contributed by atoms with Crippen molar-refractivity contribution in [2.24, 2.45) is 0 Å². The van der Waals surface area contributed by atoms with Gasteiger partial charge in [0.15, 0.2) is 0 Å². The number of rotatable bonds is 5. The predicted molar refractivity (Wildman–Crippen MR) is 92.9 cm³/mol. The average molecular weight is 340 g/mol. The summed E-state index contributed by atoms with van der Waals surface area (Å²) in [6.45, 7) is 3.08. The second-order valence-electron chi connectivity index (χ2n) is 5.47. The molecule has 1 nitrogen and oxygen atoms in total. The van der Waals surface area contributed by atoms with Gasteiger partial charge in [-0.15, -0.1) is 11.3 Å². The van der Waals surface area contributed by atoms with E-state index in [9.17, 15) is 0 Å². The van der Waals surface area contributed by atoms with Crippen LogP contribution >= 0.6 is 34.5 Å². The molecule has 0 spiro atoms. The Balaban J connectivity index is 1.87. The van der Waals surface area contributed by atoms with Gasteiger partial charge in [-0.25, -0.2) is 0 Å². The highest BCUT2D eigenvalue weighted by atomic mass is 35.5. The van der Waals surface area contributed by atoms with E-state index in [1.54, 1.807) is 10.4 Å². The summed E-state index contributed by atoms with van der Waals surface area (Å²) in [5.41, 5.74) is 2.59. The molecule has 1 heterocycles. The Morgan fingerprint density at radius 3 is 2.67 bits per heavy atom. The van der Waals surface area contributed by atoms with E-state index in [4.69, 9.17) is 23.2 Å². The highest BCUT2D eigenvalue weighted by Crippen LogP contribution is 2.36. The molecule has 112 valence electrons. The number of aryl methyl sites for hydroxylation is 2. The Labute approximate surface area is 140 Å². The van der Waals surface area contributed by atoms with Crippen LogP contribution in [-0.4, -0.2) is 6.54 Å². The van der Waals surface area contributed by atoms with Gasteiger partial charge in [-0.2, -0.15) is 0 Å². The molecule has 4 heteroatoms. The van der Waals surface area contributed by atoms with Crippen molar-refractivity contribution in [1.29, 1.82) is 0 Å². The molecule has 2 aromatic rings. The van der Waals surface area contributed by atoms with E-state index in [0.29, 0.717) is 6.04 Å². The van der Waals surface area contributed by atoms with E-state index >= 15 is 0 Å². The summed E-state index contributed by atoms with van der Waals surface area (Å²) in [6, 6.07) is 8.41. The standard InChI is InChI=1S/C17H19Cl2NS/c1-2-20-15(10-12-13(18)6-4-7-14(12)19)17-9-11-5-3-8-16(11)21-17/h4,6-7,9,15,20H,2-3,5,8,10H2,1H3. The quantitative estimate of drug-likeness (QED) is 0.764. The fourth-order valence-corrected chi connectivity index (χ4v) is 4.86. The molecule has 1 aliphatic rings. The maximum Gasteiger partial charge on any atom is 0.0456 e. The normalized spacial score (nSPS) is 15.2. The van der Waals surface area contributed by atoms with Crippen molar-refractivity contribution in [3.05, 3.63) is 55.2 Å². The molecule has 0 fully saturated rings. The van der Waals surface area contributed by atoms with Crippen molar-refractivity contribution >= 4 is 34.5 Å². The minimum atomic E-state index is 0.294. The number of hydrogen-bond acceptors (Lipinski definition) is 2. The number of likely N-dealkylation sites (N-methyl/N-ethyl adjacent to an activating group) is 1. The number of nitrogens with one attached hydrogen (secondary N) is 1. The van der Waals surface area contributed by atoms with Gasteiger partial charge in [-0.1, -0.05) is 36.2 Å². The van der Waals surface area contributed by atoms with Gasteiger partial charge in [-0.3, -0.25) is 0 Å². The van der Waals surface area contributed by atoms with Gasteiger partial charge >= 0.3 is 0 Å². The lowest BCUT2D eigenvalue weighted by Crippen LogP contribution is -2.22. The number of thiophene rings is 1. The first-order chi connectivity index (χ1) is 10.2. The lowest BCUT2D eigenvalue weighted by molar-refractivity contribution is 0.558. The van der Waals surface area contributed by atoms with Crippen LogP contribution in [0.4, 0.5) is 0 Å². The van der Waals surface area contributed by atoms with Gasteiger partial charge in [0.25, 0.3) is 0 Å². The van der Waals surface area contributed by atoms with E-state index in [2.05, 4.69) is 18.3 Å². The van der Waals surface area contributed by atoms with Gasteiger partial charge in [0.2, 0.25) is 0 Å². The second kappa shape index (κ2) is 6.70. The molecule has 0 amide bonds. The lowest BCUT2D eigenvalue weighted by atomic mass is 10.0. The molecule has 0 radical (unpaired) electrons. The van der Waals surface area contributed by atoms with Gasteiger partial charge in [0, 0.05) is 25.8 Å². The van der Waals surface area contributed by atoms with Crippen molar-refractivity contribution < 1.29 is 0 Å². The molecular formula is C17H19Cl2NS. The Hall–Kier alpha value is -0.540. The maximum absolute atomic E-state index is 6.33. The SMILES string of the molecule is CCNC(Cc1c(Cl)cccc1Cl)c1cc2c(s1)CCC2.